The van der Waals surface area contributed by atoms with Gasteiger partial charge in [0.25, 0.3) is 0 Å². The van der Waals surface area contributed by atoms with Crippen molar-refractivity contribution in [1.82, 2.24) is 9.97 Å². The summed E-state index contributed by atoms with van der Waals surface area (Å²) in [5, 5.41) is 12.5. The van der Waals surface area contributed by atoms with Gasteiger partial charge in [0.05, 0.1) is 23.3 Å². The standard InChI is InChI=1S/C35H38Cl2N2O7/c1-5-18-43-29(33(34(40)41)46-28-15-13-26(37)24-10-7-17-39-31(24)28)11-8-19-44-35(42)32(22(4)20-21(2)3)45-27-14-12-25(36)23-9-6-16-38-30(23)27/h5-7,9-10,12-17,21-22,29,32-33H,1,8,11,18-20H2,2-4H3,(H,40,41). The first-order chi connectivity index (χ1) is 22.1. The van der Waals surface area contributed by atoms with E-state index < -0.39 is 30.3 Å². The fourth-order valence-electron chi connectivity index (χ4n) is 5.29. The zero-order chi connectivity index (χ0) is 33.2. The third-order valence-electron chi connectivity index (χ3n) is 7.35. The van der Waals surface area contributed by atoms with Crippen molar-refractivity contribution in [2.75, 3.05) is 13.2 Å². The first-order valence-electron chi connectivity index (χ1n) is 15.1. The quantitative estimate of drug-likeness (QED) is 0.0679. The van der Waals surface area contributed by atoms with Crippen molar-refractivity contribution in [3.8, 4) is 11.5 Å². The van der Waals surface area contributed by atoms with Crippen molar-refractivity contribution >= 4 is 56.9 Å². The maximum Gasteiger partial charge on any atom is 0.347 e. The second-order valence-electron chi connectivity index (χ2n) is 11.4. The molecular formula is C35H38Cl2N2O7. The Kier molecular flexibility index (Phi) is 12.6. The van der Waals surface area contributed by atoms with E-state index in [4.69, 9.17) is 42.1 Å². The fraction of sp³-hybridized carbons (Fsp3) is 0.371. The summed E-state index contributed by atoms with van der Waals surface area (Å²) in [6.07, 6.45) is 2.82. The van der Waals surface area contributed by atoms with Crippen LogP contribution in [-0.2, 0) is 19.1 Å². The highest BCUT2D eigenvalue weighted by Gasteiger charge is 2.33. The number of carbonyl (C=O) groups excluding carboxylic acids is 1. The molecule has 0 aliphatic heterocycles. The van der Waals surface area contributed by atoms with E-state index in [1.165, 1.54) is 6.08 Å². The minimum absolute atomic E-state index is 0.0123. The van der Waals surface area contributed by atoms with Gasteiger partial charge in [0, 0.05) is 29.1 Å². The summed E-state index contributed by atoms with van der Waals surface area (Å²) >= 11 is 12.7. The zero-order valence-corrected chi connectivity index (χ0v) is 27.5. The molecule has 0 radical (unpaired) electrons. The number of hydrogen-bond donors (Lipinski definition) is 1. The van der Waals surface area contributed by atoms with Gasteiger partial charge in [0.15, 0.2) is 6.10 Å². The molecule has 244 valence electrons. The van der Waals surface area contributed by atoms with Gasteiger partial charge in [0.2, 0.25) is 6.10 Å². The fourth-order valence-corrected chi connectivity index (χ4v) is 5.72. The molecule has 4 aromatic rings. The van der Waals surface area contributed by atoms with E-state index in [1.807, 2.05) is 13.0 Å². The first kappa shape index (κ1) is 34.9. The maximum atomic E-state index is 13.5. The lowest BCUT2D eigenvalue weighted by molar-refractivity contribution is -0.157. The molecular weight excluding hydrogens is 631 g/mol. The van der Waals surface area contributed by atoms with Crippen LogP contribution in [0.5, 0.6) is 11.5 Å². The first-order valence-corrected chi connectivity index (χ1v) is 15.9. The van der Waals surface area contributed by atoms with Crippen LogP contribution in [0.25, 0.3) is 21.8 Å². The number of carboxylic acids is 1. The summed E-state index contributed by atoms with van der Waals surface area (Å²) in [6.45, 7) is 9.88. The van der Waals surface area contributed by atoms with E-state index in [-0.39, 0.29) is 31.3 Å². The molecule has 0 aliphatic carbocycles. The van der Waals surface area contributed by atoms with Crippen LogP contribution in [-0.4, -0.2) is 58.5 Å². The van der Waals surface area contributed by atoms with E-state index in [2.05, 4.69) is 30.4 Å². The van der Waals surface area contributed by atoms with Gasteiger partial charge in [0.1, 0.15) is 28.6 Å². The summed E-state index contributed by atoms with van der Waals surface area (Å²) in [6, 6.07) is 13.8. The molecule has 1 N–H and O–H groups in total. The number of aromatic nitrogens is 2. The molecule has 9 nitrogen and oxygen atoms in total. The van der Waals surface area contributed by atoms with Gasteiger partial charge < -0.3 is 24.1 Å². The molecule has 4 rings (SSSR count). The molecule has 46 heavy (non-hydrogen) atoms. The Morgan fingerprint density at radius 2 is 1.46 bits per heavy atom. The normalized spacial score (nSPS) is 14.0. The van der Waals surface area contributed by atoms with Gasteiger partial charge in [-0.05, 0) is 73.7 Å². The molecule has 2 aromatic carbocycles. The summed E-state index contributed by atoms with van der Waals surface area (Å²) in [7, 11) is 0. The van der Waals surface area contributed by atoms with Crippen LogP contribution in [0.3, 0.4) is 0 Å². The molecule has 4 unspecified atom stereocenters. The second kappa shape index (κ2) is 16.6. The number of hydrogen-bond acceptors (Lipinski definition) is 8. The predicted molar refractivity (Wildman–Crippen MR) is 179 cm³/mol. The van der Waals surface area contributed by atoms with Crippen LogP contribution in [0, 0.1) is 11.8 Å². The number of halogens is 2. The Balaban J connectivity index is 1.46. The molecule has 0 saturated carbocycles. The molecule has 0 saturated heterocycles. The highest BCUT2D eigenvalue weighted by atomic mass is 35.5. The number of pyridine rings is 2. The minimum atomic E-state index is -1.38. The van der Waals surface area contributed by atoms with E-state index in [9.17, 15) is 14.7 Å². The number of ether oxygens (including phenoxy) is 4. The van der Waals surface area contributed by atoms with Gasteiger partial charge >= 0.3 is 11.9 Å². The van der Waals surface area contributed by atoms with Crippen molar-refractivity contribution in [2.45, 2.75) is 58.3 Å². The topological polar surface area (TPSA) is 117 Å². The molecule has 0 amide bonds. The third-order valence-corrected chi connectivity index (χ3v) is 8.00. The SMILES string of the molecule is C=CCOC(CCCOC(=O)C(Oc1ccc(Cl)c2cccnc12)C(C)CC(C)C)C(Oc1ccc(Cl)c2cccnc12)C(=O)O. The van der Waals surface area contributed by atoms with Crippen molar-refractivity contribution in [3.63, 3.8) is 0 Å². The van der Waals surface area contributed by atoms with E-state index in [1.54, 1.807) is 54.9 Å². The molecule has 0 fully saturated rings. The smallest absolute Gasteiger partial charge is 0.347 e. The summed E-state index contributed by atoms with van der Waals surface area (Å²) in [5.41, 5.74) is 0.984. The predicted octanol–water partition coefficient (Wildman–Crippen LogP) is 7.95. The third kappa shape index (κ3) is 8.87. The van der Waals surface area contributed by atoms with Gasteiger partial charge in [-0.3, -0.25) is 9.97 Å². The molecule has 2 aromatic heterocycles. The Labute approximate surface area is 278 Å². The largest absolute Gasteiger partial charge is 0.478 e. The highest BCUT2D eigenvalue weighted by Crippen LogP contribution is 2.33. The van der Waals surface area contributed by atoms with Crippen molar-refractivity contribution < 1.29 is 33.6 Å². The monoisotopic (exact) mass is 668 g/mol. The van der Waals surface area contributed by atoms with Crippen LogP contribution in [0.15, 0.2) is 73.6 Å². The highest BCUT2D eigenvalue weighted by molar-refractivity contribution is 6.36. The number of carboxylic acid groups (broad SMARTS) is 1. The minimum Gasteiger partial charge on any atom is -0.478 e. The Hall–Kier alpha value is -3.92. The number of rotatable bonds is 17. The number of carbonyl (C=O) groups is 2. The Morgan fingerprint density at radius 1 is 0.891 bits per heavy atom. The van der Waals surface area contributed by atoms with E-state index in [0.29, 0.717) is 49.9 Å². The maximum absolute atomic E-state index is 13.5. The van der Waals surface area contributed by atoms with Crippen LogP contribution in [0.2, 0.25) is 10.0 Å². The summed E-state index contributed by atoms with van der Waals surface area (Å²) < 4.78 is 23.8. The number of fused-ring (bicyclic) bond motifs is 2. The van der Waals surface area contributed by atoms with E-state index in [0.717, 1.165) is 6.42 Å². The van der Waals surface area contributed by atoms with Crippen LogP contribution in [0.1, 0.15) is 40.0 Å². The van der Waals surface area contributed by atoms with Crippen molar-refractivity contribution in [2.24, 2.45) is 11.8 Å². The molecule has 11 heteroatoms. The van der Waals surface area contributed by atoms with Gasteiger partial charge in [-0.25, -0.2) is 9.59 Å². The van der Waals surface area contributed by atoms with Gasteiger partial charge in [-0.2, -0.15) is 0 Å². The number of benzene rings is 2. The van der Waals surface area contributed by atoms with Crippen molar-refractivity contribution in [3.05, 3.63) is 83.6 Å². The average molecular weight is 670 g/mol. The van der Waals surface area contributed by atoms with Crippen molar-refractivity contribution in [1.29, 1.82) is 0 Å². The molecule has 4 atom stereocenters. The lowest BCUT2D eigenvalue weighted by Crippen LogP contribution is -2.41. The lowest BCUT2D eigenvalue weighted by Gasteiger charge is -2.26. The molecule has 2 heterocycles. The summed E-state index contributed by atoms with van der Waals surface area (Å²) in [4.78, 5) is 34.6. The van der Waals surface area contributed by atoms with Gasteiger partial charge in [-0.1, -0.05) is 50.0 Å². The lowest BCUT2D eigenvalue weighted by atomic mass is 9.93. The van der Waals surface area contributed by atoms with Gasteiger partial charge in [-0.15, -0.1) is 6.58 Å². The van der Waals surface area contributed by atoms with Crippen LogP contribution in [0.4, 0.5) is 0 Å². The Morgan fingerprint density at radius 3 is 1.98 bits per heavy atom. The molecule has 0 spiro atoms. The summed E-state index contributed by atoms with van der Waals surface area (Å²) in [5.74, 6) is -0.906. The van der Waals surface area contributed by atoms with E-state index >= 15 is 0 Å². The zero-order valence-electron chi connectivity index (χ0n) is 26.0. The van der Waals surface area contributed by atoms with Crippen LogP contribution < -0.4 is 9.47 Å². The second-order valence-corrected chi connectivity index (χ2v) is 12.2. The number of esters is 1. The Bertz CT molecular complexity index is 1670. The molecule has 0 bridgehead atoms. The number of nitrogens with zero attached hydrogens (tertiary/aromatic N) is 2. The van der Waals surface area contributed by atoms with Crippen LogP contribution >= 0.6 is 23.2 Å². The number of aliphatic carboxylic acids is 1. The molecule has 0 aliphatic rings. The average Bonchev–Trinajstić information content (AvgIpc) is 3.04.